The van der Waals surface area contributed by atoms with Gasteiger partial charge in [-0.2, -0.15) is 5.10 Å². The number of aryl methyl sites for hydroxylation is 1. The Morgan fingerprint density at radius 3 is 2.19 bits per heavy atom. The van der Waals surface area contributed by atoms with E-state index in [9.17, 15) is 4.79 Å². The summed E-state index contributed by atoms with van der Waals surface area (Å²) in [6, 6.07) is 16.1. The monoisotopic (exact) mass is 567 g/mol. The topological polar surface area (TPSA) is 104 Å². The van der Waals surface area contributed by atoms with Crippen LogP contribution in [0.3, 0.4) is 0 Å². The third kappa shape index (κ3) is 5.14. The van der Waals surface area contributed by atoms with Crippen LogP contribution >= 0.6 is 0 Å². The number of ether oxygens (including phenoxy) is 1. The zero-order valence-corrected chi connectivity index (χ0v) is 24.2. The van der Waals surface area contributed by atoms with Gasteiger partial charge in [-0.25, -0.2) is 19.4 Å². The number of aromatic nitrogens is 4. The predicted molar refractivity (Wildman–Crippen MR) is 165 cm³/mol. The SMILES string of the molecule is CCn1ncc2c(N3C4CCC3COC4)nc(-c3ccc(NC(=O)Nc4ccc(N5CCN(C)CC5)cc4)cc3)nc21. The minimum absolute atomic E-state index is 0.287. The van der Waals surface area contributed by atoms with Crippen LogP contribution in [0.1, 0.15) is 19.8 Å². The van der Waals surface area contributed by atoms with Gasteiger partial charge in [-0.05, 0) is 75.3 Å². The van der Waals surface area contributed by atoms with Crippen LogP contribution in [0.2, 0.25) is 0 Å². The number of benzene rings is 2. The normalized spacial score (nSPS) is 20.7. The largest absolute Gasteiger partial charge is 0.377 e. The number of rotatable bonds is 6. The smallest absolute Gasteiger partial charge is 0.323 e. The Bertz CT molecular complexity index is 1550. The van der Waals surface area contributed by atoms with Crippen LogP contribution in [-0.2, 0) is 11.3 Å². The molecule has 0 aliphatic carbocycles. The summed E-state index contributed by atoms with van der Waals surface area (Å²) in [5.74, 6) is 1.58. The first-order valence-electron chi connectivity index (χ1n) is 14.9. The van der Waals surface area contributed by atoms with Crippen molar-refractivity contribution in [2.45, 2.75) is 38.4 Å². The van der Waals surface area contributed by atoms with Crippen molar-refractivity contribution in [1.82, 2.24) is 24.6 Å². The van der Waals surface area contributed by atoms with Crippen molar-refractivity contribution in [3.05, 3.63) is 54.7 Å². The third-order valence-corrected chi connectivity index (χ3v) is 8.66. The van der Waals surface area contributed by atoms with Gasteiger partial charge in [-0.15, -0.1) is 0 Å². The van der Waals surface area contributed by atoms with Gasteiger partial charge in [-0.3, -0.25) is 0 Å². The summed E-state index contributed by atoms with van der Waals surface area (Å²) in [6.07, 6.45) is 4.10. The number of urea groups is 1. The van der Waals surface area contributed by atoms with Crippen molar-refractivity contribution < 1.29 is 9.53 Å². The summed E-state index contributed by atoms with van der Waals surface area (Å²) in [6.45, 7) is 8.38. The van der Waals surface area contributed by atoms with Gasteiger partial charge in [0.05, 0.1) is 36.9 Å². The maximum absolute atomic E-state index is 12.7. The summed E-state index contributed by atoms with van der Waals surface area (Å²) in [7, 11) is 2.15. The molecule has 2 aromatic carbocycles. The number of hydrogen-bond acceptors (Lipinski definition) is 8. The van der Waals surface area contributed by atoms with Crippen molar-refractivity contribution in [2.24, 2.45) is 0 Å². The zero-order valence-electron chi connectivity index (χ0n) is 24.2. The molecule has 11 heteroatoms. The second-order valence-corrected chi connectivity index (χ2v) is 11.4. The Morgan fingerprint density at radius 1 is 0.905 bits per heavy atom. The van der Waals surface area contributed by atoms with Gasteiger partial charge in [-0.1, -0.05) is 0 Å². The number of likely N-dealkylation sites (N-methyl/N-ethyl adjacent to an activating group) is 1. The lowest BCUT2D eigenvalue weighted by Crippen LogP contribution is -2.46. The van der Waals surface area contributed by atoms with Crippen molar-refractivity contribution in [3.8, 4) is 11.4 Å². The number of nitrogens with one attached hydrogen (secondary N) is 2. The highest BCUT2D eigenvalue weighted by Gasteiger charge is 2.39. The van der Waals surface area contributed by atoms with Crippen LogP contribution < -0.4 is 20.4 Å². The standard InChI is InChI=1S/C31H37N9O2/c1-3-39-29-27(18-32-39)30(40-25-12-13-26(40)20-42-19-25)36-28(35-29)21-4-6-22(7-5-21)33-31(41)34-23-8-10-24(11-9-23)38-16-14-37(2)15-17-38/h4-11,18,25-26H,3,12-17,19-20H2,1-2H3,(H2,33,34,41). The maximum atomic E-state index is 12.7. The molecular weight excluding hydrogens is 530 g/mol. The van der Waals surface area contributed by atoms with Crippen LogP contribution in [0, 0.1) is 0 Å². The van der Waals surface area contributed by atoms with Gasteiger partial charge in [0.25, 0.3) is 0 Å². The molecule has 2 aromatic heterocycles. The number of carbonyl (C=O) groups is 1. The number of morpholine rings is 1. The van der Waals surface area contributed by atoms with Crippen LogP contribution in [-0.4, -0.2) is 89.2 Å². The first-order chi connectivity index (χ1) is 20.6. The fourth-order valence-corrected chi connectivity index (χ4v) is 6.29. The average molecular weight is 568 g/mol. The van der Waals surface area contributed by atoms with E-state index in [0.29, 0.717) is 23.6 Å². The molecule has 7 rings (SSSR count). The number of hydrogen-bond donors (Lipinski definition) is 2. The highest BCUT2D eigenvalue weighted by Crippen LogP contribution is 2.37. The molecule has 3 aliphatic heterocycles. The summed E-state index contributed by atoms with van der Waals surface area (Å²) in [5, 5.41) is 11.4. The molecule has 42 heavy (non-hydrogen) atoms. The lowest BCUT2D eigenvalue weighted by molar-refractivity contribution is 0.0904. The molecule has 2 bridgehead atoms. The van der Waals surface area contributed by atoms with E-state index in [1.165, 1.54) is 5.69 Å². The van der Waals surface area contributed by atoms with Crippen molar-refractivity contribution in [1.29, 1.82) is 0 Å². The maximum Gasteiger partial charge on any atom is 0.323 e. The molecule has 2 atom stereocenters. The van der Waals surface area contributed by atoms with Crippen LogP contribution in [0.5, 0.6) is 0 Å². The second kappa shape index (κ2) is 11.2. The molecule has 0 spiro atoms. The first kappa shape index (κ1) is 26.7. The average Bonchev–Trinajstić information content (AvgIpc) is 3.54. The summed E-state index contributed by atoms with van der Waals surface area (Å²) in [4.78, 5) is 29.9. The molecule has 2 N–H and O–H groups in total. The molecule has 218 valence electrons. The number of anilines is 4. The molecule has 2 amide bonds. The Balaban J connectivity index is 1.06. The van der Waals surface area contributed by atoms with Crippen LogP contribution in [0.25, 0.3) is 22.4 Å². The molecule has 11 nitrogen and oxygen atoms in total. The van der Waals surface area contributed by atoms with E-state index in [2.05, 4.69) is 56.5 Å². The predicted octanol–water partition coefficient (Wildman–Crippen LogP) is 4.28. The molecule has 3 fully saturated rings. The van der Waals surface area contributed by atoms with E-state index in [1.807, 2.05) is 47.3 Å². The fourth-order valence-electron chi connectivity index (χ4n) is 6.29. The van der Waals surface area contributed by atoms with Gasteiger partial charge >= 0.3 is 6.03 Å². The van der Waals surface area contributed by atoms with Crippen molar-refractivity contribution >= 4 is 39.9 Å². The van der Waals surface area contributed by atoms with E-state index < -0.39 is 0 Å². The van der Waals surface area contributed by atoms with Gasteiger partial charge in [0.15, 0.2) is 11.5 Å². The lowest BCUT2D eigenvalue weighted by Gasteiger charge is -2.36. The van der Waals surface area contributed by atoms with Gasteiger partial charge in [0.2, 0.25) is 0 Å². The summed E-state index contributed by atoms with van der Waals surface area (Å²) >= 11 is 0. The van der Waals surface area contributed by atoms with E-state index in [0.717, 1.165) is 86.9 Å². The number of nitrogens with zero attached hydrogens (tertiary/aromatic N) is 7. The Hall–Kier alpha value is -4.22. The molecule has 3 saturated heterocycles. The molecule has 0 saturated carbocycles. The van der Waals surface area contributed by atoms with Gasteiger partial charge < -0.3 is 30.1 Å². The first-order valence-corrected chi connectivity index (χ1v) is 14.9. The zero-order chi connectivity index (χ0) is 28.6. The fraction of sp³-hybridized carbons (Fsp3) is 0.419. The minimum Gasteiger partial charge on any atom is -0.377 e. The summed E-state index contributed by atoms with van der Waals surface area (Å²) < 4.78 is 7.75. The number of amides is 2. The molecule has 5 heterocycles. The molecule has 2 unspecified atom stereocenters. The van der Waals surface area contributed by atoms with Crippen molar-refractivity contribution in [3.63, 3.8) is 0 Å². The minimum atomic E-state index is -0.287. The summed E-state index contributed by atoms with van der Waals surface area (Å²) in [5.41, 5.74) is 4.34. The van der Waals surface area contributed by atoms with E-state index >= 15 is 0 Å². The second-order valence-electron chi connectivity index (χ2n) is 11.4. The Labute approximate surface area is 245 Å². The van der Waals surface area contributed by atoms with E-state index in [-0.39, 0.29) is 6.03 Å². The lowest BCUT2D eigenvalue weighted by atomic mass is 10.1. The van der Waals surface area contributed by atoms with Crippen LogP contribution in [0.4, 0.5) is 27.7 Å². The number of fused-ring (bicyclic) bond motifs is 3. The highest BCUT2D eigenvalue weighted by molar-refractivity contribution is 6.00. The Morgan fingerprint density at radius 2 is 1.55 bits per heavy atom. The van der Waals surface area contributed by atoms with Crippen molar-refractivity contribution in [2.75, 3.05) is 66.9 Å². The molecule has 0 radical (unpaired) electrons. The van der Waals surface area contributed by atoms with E-state index in [1.54, 1.807) is 0 Å². The van der Waals surface area contributed by atoms with E-state index in [4.69, 9.17) is 14.7 Å². The quantitative estimate of drug-likeness (QED) is 0.356. The molecule has 4 aromatic rings. The number of piperazine rings is 1. The number of carbonyl (C=O) groups excluding carboxylic acids is 1. The molecule has 3 aliphatic rings. The van der Waals surface area contributed by atoms with Gasteiger partial charge in [0.1, 0.15) is 5.82 Å². The van der Waals surface area contributed by atoms with Gasteiger partial charge in [0, 0.05) is 55.3 Å². The third-order valence-electron chi connectivity index (χ3n) is 8.66. The molecular formula is C31H37N9O2. The van der Waals surface area contributed by atoms with Crippen LogP contribution in [0.15, 0.2) is 54.7 Å². The highest BCUT2D eigenvalue weighted by atomic mass is 16.5. The Kier molecular flexibility index (Phi) is 7.12.